The zero-order valence-corrected chi connectivity index (χ0v) is 7.68. The van der Waals surface area contributed by atoms with Crippen LogP contribution in [0.4, 0.5) is 4.79 Å². The van der Waals surface area contributed by atoms with Crippen LogP contribution < -0.4 is 16.4 Å². The molecule has 1 fully saturated rings. The number of carbonyl (C=O) groups excluding carboxylic acids is 1. The van der Waals surface area contributed by atoms with Crippen molar-refractivity contribution in [2.45, 2.75) is 25.3 Å². The van der Waals surface area contributed by atoms with E-state index in [1.54, 1.807) is 0 Å². The van der Waals surface area contributed by atoms with E-state index in [1.165, 1.54) is 6.42 Å². The van der Waals surface area contributed by atoms with Crippen molar-refractivity contribution in [3.05, 3.63) is 0 Å². The lowest BCUT2D eigenvalue weighted by Gasteiger charge is -2.08. The van der Waals surface area contributed by atoms with Crippen molar-refractivity contribution >= 4 is 6.03 Å². The van der Waals surface area contributed by atoms with E-state index in [9.17, 15) is 4.79 Å². The van der Waals surface area contributed by atoms with Crippen LogP contribution in [0.5, 0.6) is 0 Å². The first-order valence-electron chi connectivity index (χ1n) is 4.31. The molecule has 1 rings (SSSR count). The number of amides is 2. The molecule has 1 aliphatic rings. The smallest absolute Gasteiger partial charge is 0.312 e. The molecule has 0 aromatic rings. The van der Waals surface area contributed by atoms with Crippen LogP contribution in [-0.2, 0) is 0 Å². The van der Waals surface area contributed by atoms with Gasteiger partial charge in [-0.15, -0.1) is 0 Å². The molecule has 4 nitrogen and oxygen atoms in total. The van der Waals surface area contributed by atoms with E-state index >= 15 is 0 Å². The van der Waals surface area contributed by atoms with Crippen molar-refractivity contribution in [2.24, 2.45) is 11.7 Å². The Labute approximate surface area is 72.9 Å². The van der Waals surface area contributed by atoms with Crippen LogP contribution in [0.2, 0.25) is 0 Å². The molecule has 12 heavy (non-hydrogen) atoms. The van der Waals surface area contributed by atoms with Gasteiger partial charge in [0, 0.05) is 12.1 Å². The Bertz CT molecular complexity index is 183. The quantitative estimate of drug-likeness (QED) is 0.559. The largest absolute Gasteiger partial charge is 0.352 e. The second-order valence-electron chi connectivity index (χ2n) is 3.65. The van der Waals surface area contributed by atoms with Gasteiger partial charge in [0.2, 0.25) is 0 Å². The Morgan fingerprint density at radius 1 is 1.75 bits per heavy atom. The highest BCUT2D eigenvalue weighted by Crippen LogP contribution is 2.44. The van der Waals surface area contributed by atoms with Gasteiger partial charge in [-0.3, -0.25) is 0 Å². The Morgan fingerprint density at radius 2 is 2.42 bits per heavy atom. The highest BCUT2D eigenvalue weighted by atomic mass is 16.2. The van der Waals surface area contributed by atoms with Crippen LogP contribution in [0, 0.1) is 5.92 Å². The molecule has 0 aromatic carbocycles. The summed E-state index contributed by atoms with van der Waals surface area (Å²) in [4.78, 5) is 10.3. The molecule has 1 saturated carbocycles. The Balaban J connectivity index is 2.08. The van der Waals surface area contributed by atoms with Crippen molar-refractivity contribution < 1.29 is 4.79 Å². The van der Waals surface area contributed by atoms with Crippen LogP contribution in [0.3, 0.4) is 0 Å². The van der Waals surface area contributed by atoms with Gasteiger partial charge in [0.05, 0.1) is 0 Å². The predicted octanol–water partition coefficient (Wildman–Crippen LogP) is 0.0428. The van der Waals surface area contributed by atoms with E-state index in [-0.39, 0.29) is 0 Å². The zero-order valence-electron chi connectivity index (χ0n) is 7.68. The minimum atomic E-state index is -0.429. The molecule has 4 heteroatoms. The summed E-state index contributed by atoms with van der Waals surface area (Å²) < 4.78 is 0. The third-order valence-corrected chi connectivity index (χ3v) is 2.77. The molecule has 4 N–H and O–H groups in total. The van der Waals surface area contributed by atoms with E-state index in [2.05, 4.69) is 17.6 Å². The maximum Gasteiger partial charge on any atom is 0.312 e. The average molecular weight is 171 g/mol. The topological polar surface area (TPSA) is 67.2 Å². The number of nitrogens with one attached hydrogen (secondary N) is 2. The summed E-state index contributed by atoms with van der Waals surface area (Å²) in [6.45, 7) is 2.89. The molecular formula is C8H17N3O. The Hall–Kier alpha value is -0.770. The van der Waals surface area contributed by atoms with Gasteiger partial charge in [-0.05, 0) is 32.7 Å². The van der Waals surface area contributed by atoms with Crippen LogP contribution in [-0.4, -0.2) is 25.2 Å². The summed E-state index contributed by atoms with van der Waals surface area (Å²) in [6.07, 6.45) is 2.21. The second kappa shape index (κ2) is 3.31. The van der Waals surface area contributed by atoms with E-state index in [1.807, 2.05) is 7.05 Å². The normalized spacial score (nSPS) is 33.0. The molecule has 0 aromatic heterocycles. The minimum absolute atomic E-state index is 0.305. The van der Waals surface area contributed by atoms with E-state index in [0.717, 1.165) is 6.42 Å². The third kappa shape index (κ3) is 2.11. The van der Waals surface area contributed by atoms with Gasteiger partial charge >= 0.3 is 6.03 Å². The van der Waals surface area contributed by atoms with Crippen LogP contribution in [0.25, 0.3) is 0 Å². The van der Waals surface area contributed by atoms with Crippen LogP contribution in [0.1, 0.15) is 19.8 Å². The summed E-state index contributed by atoms with van der Waals surface area (Å²) in [5.41, 5.74) is 5.24. The maximum absolute atomic E-state index is 10.3. The number of nitrogens with two attached hydrogens (primary N) is 1. The van der Waals surface area contributed by atoms with E-state index in [4.69, 9.17) is 5.73 Å². The molecule has 0 radical (unpaired) electrons. The average Bonchev–Trinajstić information content (AvgIpc) is 2.63. The highest BCUT2D eigenvalue weighted by molar-refractivity contribution is 5.71. The number of primary amides is 1. The number of rotatable bonds is 4. The van der Waals surface area contributed by atoms with Gasteiger partial charge in [0.25, 0.3) is 0 Å². The monoisotopic (exact) mass is 171 g/mol. The zero-order chi connectivity index (χ0) is 9.19. The number of hydrogen-bond acceptors (Lipinski definition) is 2. The number of hydrogen-bond donors (Lipinski definition) is 3. The van der Waals surface area contributed by atoms with Gasteiger partial charge in [-0.1, -0.05) is 0 Å². The van der Waals surface area contributed by atoms with Crippen LogP contribution >= 0.6 is 0 Å². The third-order valence-electron chi connectivity index (χ3n) is 2.77. The van der Waals surface area contributed by atoms with E-state index < -0.39 is 6.03 Å². The van der Waals surface area contributed by atoms with E-state index in [0.29, 0.717) is 18.0 Å². The van der Waals surface area contributed by atoms with Gasteiger partial charge in [-0.25, -0.2) is 4.79 Å². The molecule has 0 spiro atoms. The first-order valence-corrected chi connectivity index (χ1v) is 4.31. The fourth-order valence-electron chi connectivity index (χ4n) is 1.55. The molecule has 0 aliphatic heterocycles. The molecule has 0 bridgehead atoms. The van der Waals surface area contributed by atoms with Gasteiger partial charge in [-0.2, -0.15) is 0 Å². The molecular weight excluding hydrogens is 154 g/mol. The lowest BCUT2D eigenvalue weighted by molar-refractivity contribution is 0.248. The molecule has 1 aliphatic carbocycles. The summed E-state index contributed by atoms with van der Waals surface area (Å²) >= 11 is 0. The summed E-state index contributed by atoms with van der Waals surface area (Å²) in [7, 11) is 1.97. The molecule has 1 unspecified atom stereocenters. The summed E-state index contributed by atoms with van der Waals surface area (Å²) in [6, 6.07) is -0.429. The highest BCUT2D eigenvalue weighted by Gasteiger charge is 2.47. The fourth-order valence-corrected chi connectivity index (χ4v) is 1.55. The molecule has 2 atom stereocenters. The van der Waals surface area contributed by atoms with Gasteiger partial charge < -0.3 is 16.4 Å². The lowest BCUT2D eigenvalue weighted by Crippen LogP contribution is -2.32. The Morgan fingerprint density at radius 3 is 2.83 bits per heavy atom. The maximum atomic E-state index is 10.3. The van der Waals surface area contributed by atoms with Crippen molar-refractivity contribution in [1.82, 2.24) is 10.6 Å². The second-order valence-corrected chi connectivity index (χ2v) is 3.65. The lowest BCUT2D eigenvalue weighted by atomic mass is 10.2. The molecule has 70 valence electrons. The fraction of sp³-hybridized carbons (Fsp3) is 0.875. The van der Waals surface area contributed by atoms with Crippen molar-refractivity contribution in [3.8, 4) is 0 Å². The van der Waals surface area contributed by atoms with Crippen molar-refractivity contribution in [3.63, 3.8) is 0 Å². The summed E-state index contributed by atoms with van der Waals surface area (Å²) in [5.74, 6) is 0.689. The standard InChI is InChI=1S/C8H17N3O/c1-8(10-2)5-6(8)3-4-11-7(9)12/h6,10H,3-5H2,1-2H3,(H3,9,11,12)/t6?,8-/m1/s1. The number of urea groups is 1. The molecule has 2 amide bonds. The van der Waals surface area contributed by atoms with Crippen LogP contribution in [0.15, 0.2) is 0 Å². The molecule has 0 saturated heterocycles. The van der Waals surface area contributed by atoms with Crippen molar-refractivity contribution in [1.29, 1.82) is 0 Å². The summed E-state index contributed by atoms with van der Waals surface area (Å²) in [5, 5.41) is 5.85. The van der Waals surface area contributed by atoms with Gasteiger partial charge in [0.15, 0.2) is 0 Å². The van der Waals surface area contributed by atoms with Gasteiger partial charge in [0.1, 0.15) is 0 Å². The molecule has 0 heterocycles. The Kier molecular flexibility index (Phi) is 2.57. The first-order chi connectivity index (χ1) is 5.58. The predicted molar refractivity (Wildman–Crippen MR) is 47.8 cm³/mol. The first kappa shape index (κ1) is 9.32. The minimum Gasteiger partial charge on any atom is -0.352 e. The SMILES string of the molecule is CN[C@]1(C)CC1CCNC(N)=O. The number of carbonyl (C=O) groups is 1. The van der Waals surface area contributed by atoms with Crippen molar-refractivity contribution in [2.75, 3.05) is 13.6 Å².